The fourth-order valence-electron chi connectivity index (χ4n) is 3.25. The van der Waals surface area contributed by atoms with E-state index < -0.39 is 0 Å². The zero-order valence-electron chi connectivity index (χ0n) is 15.3. The third kappa shape index (κ3) is 4.25. The summed E-state index contributed by atoms with van der Waals surface area (Å²) < 4.78 is 0. The molecular formula is C22H23N3O2. The average molecular weight is 361 g/mol. The molecule has 2 aromatic carbocycles. The van der Waals surface area contributed by atoms with Gasteiger partial charge >= 0.3 is 0 Å². The lowest BCUT2D eigenvalue weighted by Gasteiger charge is -2.07. The monoisotopic (exact) mass is 361 g/mol. The predicted octanol–water partition coefficient (Wildman–Crippen LogP) is 3.68. The fraction of sp³-hybridized carbons (Fsp3) is 0.318. The van der Waals surface area contributed by atoms with Crippen molar-refractivity contribution in [3.05, 3.63) is 65.7 Å². The molecular weight excluding hydrogens is 338 g/mol. The molecule has 0 radical (unpaired) electrons. The largest absolute Gasteiger partial charge is 0.326 e. The SMILES string of the molecule is C/C(=N\NC(=O)[C@@H]1C[C@H]1c1ccccc1)c1cccc(NC(=O)C2CC2)c1. The lowest BCUT2D eigenvalue weighted by Crippen LogP contribution is -2.21. The molecule has 2 saturated carbocycles. The van der Waals surface area contributed by atoms with Crippen molar-refractivity contribution in [1.29, 1.82) is 0 Å². The van der Waals surface area contributed by atoms with Gasteiger partial charge in [0.15, 0.2) is 0 Å². The number of carbonyl (C=O) groups excluding carboxylic acids is 2. The Bertz CT molecular complexity index is 887. The van der Waals surface area contributed by atoms with Crippen LogP contribution in [0, 0.1) is 11.8 Å². The summed E-state index contributed by atoms with van der Waals surface area (Å²) in [4.78, 5) is 24.2. The molecule has 5 nitrogen and oxygen atoms in total. The molecule has 2 fully saturated rings. The highest BCUT2D eigenvalue weighted by molar-refractivity contribution is 6.01. The van der Waals surface area contributed by atoms with Gasteiger partial charge in [-0.25, -0.2) is 5.43 Å². The molecule has 2 atom stereocenters. The lowest BCUT2D eigenvalue weighted by atomic mass is 10.1. The molecule has 4 rings (SSSR count). The van der Waals surface area contributed by atoms with Gasteiger partial charge in [-0.15, -0.1) is 0 Å². The summed E-state index contributed by atoms with van der Waals surface area (Å²) in [6, 6.07) is 17.7. The summed E-state index contributed by atoms with van der Waals surface area (Å²) >= 11 is 0. The van der Waals surface area contributed by atoms with Crippen LogP contribution in [-0.2, 0) is 9.59 Å². The molecule has 27 heavy (non-hydrogen) atoms. The number of hydrogen-bond donors (Lipinski definition) is 2. The van der Waals surface area contributed by atoms with Crippen LogP contribution >= 0.6 is 0 Å². The summed E-state index contributed by atoms with van der Waals surface area (Å²) in [7, 11) is 0. The van der Waals surface area contributed by atoms with Crippen molar-refractivity contribution in [2.75, 3.05) is 5.32 Å². The van der Waals surface area contributed by atoms with E-state index in [1.165, 1.54) is 5.56 Å². The lowest BCUT2D eigenvalue weighted by molar-refractivity contribution is -0.122. The van der Waals surface area contributed by atoms with Gasteiger partial charge in [0.1, 0.15) is 0 Å². The Balaban J connectivity index is 1.35. The minimum absolute atomic E-state index is 0.00638. The average Bonchev–Trinajstić information content (AvgIpc) is 3.59. The second kappa shape index (κ2) is 7.35. The van der Waals surface area contributed by atoms with Crippen molar-refractivity contribution in [3.63, 3.8) is 0 Å². The van der Waals surface area contributed by atoms with Crippen LogP contribution in [0.1, 0.15) is 43.2 Å². The van der Waals surface area contributed by atoms with E-state index in [1.807, 2.05) is 49.4 Å². The van der Waals surface area contributed by atoms with Crippen LogP contribution in [0.3, 0.4) is 0 Å². The third-order valence-electron chi connectivity index (χ3n) is 5.18. The van der Waals surface area contributed by atoms with Crippen LogP contribution in [0.4, 0.5) is 5.69 Å². The molecule has 0 bridgehead atoms. The van der Waals surface area contributed by atoms with Gasteiger partial charge in [-0.1, -0.05) is 42.5 Å². The number of hydrogen-bond acceptors (Lipinski definition) is 3. The molecule has 5 heteroatoms. The fourth-order valence-corrected chi connectivity index (χ4v) is 3.25. The van der Waals surface area contributed by atoms with Crippen molar-refractivity contribution in [3.8, 4) is 0 Å². The van der Waals surface area contributed by atoms with Crippen molar-refractivity contribution in [2.45, 2.75) is 32.1 Å². The van der Waals surface area contributed by atoms with Crippen LogP contribution in [0.25, 0.3) is 0 Å². The highest BCUT2D eigenvalue weighted by Gasteiger charge is 2.43. The number of benzene rings is 2. The van der Waals surface area contributed by atoms with Crippen LogP contribution in [0.2, 0.25) is 0 Å². The molecule has 0 saturated heterocycles. The minimum atomic E-state index is -0.0404. The first-order chi connectivity index (χ1) is 13.1. The van der Waals surface area contributed by atoms with E-state index in [2.05, 4.69) is 28.0 Å². The van der Waals surface area contributed by atoms with Gasteiger partial charge in [-0.2, -0.15) is 5.10 Å². The van der Waals surface area contributed by atoms with E-state index in [0.717, 1.165) is 30.5 Å². The third-order valence-corrected chi connectivity index (χ3v) is 5.18. The normalized spacial score (nSPS) is 21.4. The van der Waals surface area contributed by atoms with Gasteiger partial charge in [0.2, 0.25) is 11.8 Å². The van der Waals surface area contributed by atoms with E-state index in [9.17, 15) is 9.59 Å². The first-order valence-corrected chi connectivity index (χ1v) is 9.42. The second-order valence-corrected chi connectivity index (χ2v) is 7.38. The molecule has 2 amide bonds. The van der Waals surface area contributed by atoms with Crippen LogP contribution in [-0.4, -0.2) is 17.5 Å². The predicted molar refractivity (Wildman–Crippen MR) is 105 cm³/mol. The topological polar surface area (TPSA) is 70.6 Å². The van der Waals surface area contributed by atoms with E-state index in [4.69, 9.17) is 0 Å². The van der Waals surface area contributed by atoms with Gasteiger partial charge in [-0.3, -0.25) is 9.59 Å². The van der Waals surface area contributed by atoms with Gasteiger partial charge in [0, 0.05) is 17.5 Å². The van der Waals surface area contributed by atoms with Gasteiger partial charge in [-0.05, 0) is 55.4 Å². The minimum Gasteiger partial charge on any atom is -0.326 e. The first kappa shape index (κ1) is 17.5. The summed E-state index contributed by atoms with van der Waals surface area (Å²) in [5.74, 6) is 0.492. The van der Waals surface area contributed by atoms with Gasteiger partial charge < -0.3 is 5.32 Å². The maximum atomic E-state index is 12.3. The van der Waals surface area contributed by atoms with Crippen LogP contribution < -0.4 is 10.7 Å². The number of anilines is 1. The molecule has 0 heterocycles. The van der Waals surface area contributed by atoms with Crippen molar-refractivity contribution in [2.24, 2.45) is 16.9 Å². The summed E-state index contributed by atoms with van der Waals surface area (Å²) in [5.41, 5.74) is 6.24. The van der Waals surface area contributed by atoms with Crippen molar-refractivity contribution in [1.82, 2.24) is 5.43 Å². The Morgan fingerprint density at radius 2 is 1.78 bits per heavy atom. The van der Waals surface area contributed by atoms with Crippen LogP contribution in [0.5, 0.6) is 0 Å². The van der Waals surface area contributed by atoms with Crippen molar-refractivity contribution < 1.29 is 9.59 Å². The summed E-state index contributed by atoms with van der Waals surface area (Å²) in [6.45, 7) is 1.85. The maximum absolute atomic E-state index is 12.3. The highest BCUT2D eigenvalue weighted by Crippen LogP contribution is 2.47. The van der Waals surface area contributed by atoms with E-state index >= 15 is 0 Å². The molecule has 2 aliphatic rings. The number of nitrogens with one attached hydrogen (secondary N) is 2. The number of amides is 2. The smallest absolute Gasteiger partial charge is 0.243 e. The molecule has 138 valence electrons. The van der Waals surface area contributed by atoms with Crippen LogP contribution in [0.15, 0.2) is 59.7 Å². The summed E-state index contributed by atoms with van der Waals surface area (Å²) in [5, 5.41) is 7.19. The molecule has 0 spiro atoms. The molecule has 2 aliphatic carbocycles. The van der Waals surface area contributed by atoms with E-state index in [1.54, 1.807) is 0 Å². The zero-order chi connectivity index (χ0) is 18.8. The second-order valence-electron chi connectivity index (χ2n) is 7.38. The Morgan fingerprint density at radius 3 is 2.52 bits per heavy atom. The molecule has 2 aromatic rings. The summed E-state index contributed by atoms with van der Waals surface area (Å²) in [6.07, 6.45) is 2.82. The zero-order valence-corrected chi connectivity index (χ0v) is 15.3. The van der Waals surface area contributed by atoms with E-state index in [0.29, 0.717) is 11.6 Å². The van der Waals surface area contributed by atoms with E-state index in [-0.39, 0.29) is 23.7 Å². The Labute approximate surface area is 158 Å². The number of hydrazone groups is 1. The standard InChI is InChI=1S/C22H23N3O2/c1-14(17-8-5-9-18(12-17)23-21(26)16-10-11-16)24-25-22(27)20-13-19(20)15-6-3-2-4-7-15/h2-9,12,16,19-20H,10-11,13H2,1H3,(H,23,26)(H,25,27)/b24-14+/t19-,20+/m0/s1. The first-order valence-electron chi connectivity index (χ1n) is 9.42. The Kier molecular flexibility index (Phi) is 4.75. The van der Waals surface area contributed by atoms with Crippen molar-refractivity contribution >= 4 is 23.2 Å². The molecule has 2 N–H and O–H groups in total. The number of carbonyl (C=O) groups is 2. The number of nitrogens with zero attached hydrogens (tertiary/aromatic N) is 1. The number of rotatable bonds is 6. The highest BCUT2D eigenvalue weighted by atomic mass is 16.2. The Morgan fingerprint density at radius 1 is 1.00 bits per heavy atom. The molecule has 0 aliphatic heterocycles. The van der Waals surface area contributed by atoms with Gasteiger partial charge in [0.25, 0.3) is 0 Å². The van der Waals surface area contributed by atoms with Gasteiger partial charge in [0.05, 0.1) is 5.71 Å². The quantitative estimate of drug-likeness (QED) is 0.609. The Hall–Kier alpha value is -2.95. The molecule has 0 unspecified atom stereocenters. The maximum Gasteiger partial charge on any atom is 0.243 e. The molecule has 0 aromatic heterocycles.